The number of rotatable bonds is 5. The number of carbonyl (C=O) groups is 1. The largest absolute Gasteiger partial charge is 0.370 e. The van der Waals surface area contributed by atoms with Gasteiger partial charge >= 0.3 is 0 Å². The molecule has 1 amide bonds. The number of aryl methyl sites for hydroxylation is 1. The summed E-state index contributed by atoms with van der Waals surface area (Å²) in [5.74, 6) is -0.190. The summed E-state index contributed by atoms with van der Waals surface area (Å²) in [6.07, 6.45) is 1.03. The van der Waals surface area contributed by atoms with Crippen LogP contribution in [0.4, 0.5) is 0 Å². The Kier molecular flexibility index (Phi) is 7.25. The standard InChI is InChI=1S/C16H24N4O2S/c1-13-5-2-3-6-14(13)15(21)18-19-16(23)17-7-4-8-20-9-11-22-12-10-20/h2-3,5-6H,4,7-12H2,1H3,(H,18,21)(H2,17,19,23)/p+1. The summed E-state index contributed by atoms with van der Waals surface area (Å²) < 4.78 is 5.34. The van der Waals surface area contributed by atoms with Crippen molar-refractivity contribution in [3.63, 3.8) is 0 Å². The lowest BCUT2D eigenvalue weighted by molar-refractivity contribution is -0.908. The Hall–Kier alpha value is -1.70. The van der Waals surface area contributed by atoms with Crippen LogP contribution in [0.1, 0.15) is 22.3 Å². The van der Waals surface area contributed by atoms with Crippen molar-refractivity contribution in [2.24, 2.45) is 0 Å². The highest BCUT2D eigenvalue weighted by Crippen LogP contribution is 2.05. The molecule has 23 heavy (non-hydrogen) atoms. The lowest BCUT2D eigenvalue weighted by Crippen LogP contribution is -3.14. The maximum atomic E-state index is 12.0. The Morgan fingerprint density at radius 2 is 2.00 bits per heavy atom. The molecule has 126 valence electrons. The summed E-state index contributed by atoms with van der Waals surface area (Å²) in [5, 5.41) is 3.54. The molecule has 0 unspecified atom stereocenters. The molecule has 7 heteroatoms. The van der Waals surface area contributed by atoms with Crippen LogP contribution in [0, 0.1) is 6.92 Å². The minimum Gasteiger partial charge on any atom is -0.370 e. The van der Waals surface area contributed by atoms with E-state index in [2.05, 4.69) is 16.2 Å². The molecule has 1 aromatic carbocycles. The first-order chi connectivity index (χ1) is 11.2. The molecule has 1 fully saturated rings. The van der Waals surface area contributed by atoms with Gasteiger partial charge in [0.25, 0.3) is 5.91 Å². The van der Waals surface area contributed by atoms with E-state index in [0.717, 1.165) is 51.4 Å². The summed E-state index contributed by atoms with van der Waals surface area (Å²) in [5.41, 5.74) is 6.92. The van der Waals surface area contributed by atoms with Crippen molar-refractivity contribution in [3.8, 4) is 0 Å². The Morgan fingerprint density at radius 3 is 2.74 bits per heavy atom. The molecule has 0 bridgehead atoms. The highest BCUT2D eigenvalue weighted by atomic mass is 32.1. The maximum absolute atomic E-state index is 12.0. The molecule has 1 aliphatic rings. The van der Waals surface area contributed by atoms with Crippen molar-refractivity contribution < 1.29 is 14.4 Å². The van der Waals surface area contributed by atoms with Gasteiger partial charge in [0.1, 0.15) is 13.1 Å². The zero-order chi connectivity index (χ0) is 16.5. The Morgan fingerprint density at radius 1 is 1.26 bits per heavy atom. The lowest BCUT2D eigenvalue weighted by Gasteiger charge is -2.23. The van der Waals surface area contributed by atoms with Gasteiger partial charge in [0.05, 0.1) is 19.8 Å². The van der Waals surface area contributed by atoms with Crippen molar-refractivity contribution >= 4 is 23.2 Å². The number of thiocarbonyl (C=S) groups is 1. The van der Waals surface area contributed by atoms with E-state index in [-0.39, 0.29) is 5.91 Å². The van der Waals surface area contributed by atoms with Gasteiger partial charge in [-0.1, -0.05) is 18.2 Å². The van der Waals surface area contributed by atoms with Gasteiger partial charge in [0.15, 0.2) is 5.11 Å². The average molecular weight is 337 g/mol. The van der Waals surface area contributed by atoms with Crippen LogP contribution in [-0.4, -0.2) is 50.4 Å². The van der Waals surface area contributed by atoms with Gasteiger partial charge in [-0.05, 0) is 30.8 Å². The number of hydrazine groups is 1. The molecule has 1 saturated heterocycles. The zero-order valence-corrected chi connectivity index (χ0v) is 14.3. The van der Waals surface area contributed by atoms with Crippen LogP contribution >= 0.6 is 12.2 Å². The third kappa shape index (κ3) is 6.13. The molecule has 2 rings (SSSR count). The van der Waals surface area contributed by atoms with E-state index in [4.69, 9.17) is 17.0 Å². The van der Waals surface area contributed by atoms with Gasteiger partial charge in [-0.2, -0.15) is 0 Å². The second-order valence-electron chi connectivity index (χ2n) is 5.62. The number of benzene rings is 1. The van der Waals surface area contributed by atoms with E-state index in [1.165, 1.54) is 0 Å². The van der Waals surface area contributed by atoms with E-state index < -0.39 is 0 Å². The molecule has 0 aromatic heterocycles. The molecule has 0 atom stereocenters. The van der Waals surface area contributed by atoms with E-state index in [0.29, 0.717) is 10.7 Å². The second kappa shape index (κ2) is 9.44. The molecular weight excluding hydrogens is 312 g/mol. The number of hydrogen-bond donors (Lipinski definition) is 4. The SMILES string of the molecule is Cc1ccccc1C(=O)NNC(=S)NCCC[NH+]1CCOCC1. The van der Waals surface area contributed by atoms with Gasteiger partial charge in [0, 0.05) is 18.5 Å². The molecule has 1 aromatic rings. The van der Waals surface area contributed by atoms with E-state index in [1.807, 2.05) is 25.1 Å². The molecule has 0 aliphatic carbocycles. The third-order valence-electron chi connectivity index (χ3n) is 3.87. The number of carbonyl (C=O) groups excluding carboxylic acids is 1. The van der Waals surface area contributed by atoms with Gasteiger partial charge in [-0.15, -0.1) is 0 Å². The topological polar surface area (TPSA) is 66.8 Å². The second-order valence-corrected chi connectivity index (χ2v) is 6.02. The molecular formula is C16H25N4O2S+. The van der Waals surface area contributed by atoms with Crippen molar-refractivity contribution in [2.45, 2.75) is 13.3 Å². The predicted octanol–water partition coefficient (Wildman–Crippen LogP) is -0.591. The number of nitrogens with one attached hydrogen (secondary N) is 4. The summed E-state index contributed by atoms with van der Waals surface area (Å²) in [4.78, 5) is 13.6. The number of hydrogen-bond acceptors (Lipinski definition) is 3. The van der Waals surface area contributed by atoms with Crippen molar-refractivity contribution in [2.75, 3.05) is 39.4 Å². The summed E-state index contributed by atoms with van der Waals surface area (Å²) in [6, 6.07) is 7.43. The monoisotopic (exact) mass is 337 g/mol. The van der Waals surface area contributed by atoms with E-state index in [1.54, 1.807) is 11.0 Å². The fourth-order valence-corrected chi connectivity index (χ4v) is 2.66. The molecule has 0 spiro atoms. The van der Waals surface area contributed by atoms with Crippen molar-refractivity contribution in [1.82, 2.24) is 16.2 Å². The van der Waals surface area contributed by atoms with Crippen LogP contribution in [0.3, 0.4) is 0 Å². The third-order valence-corrected chi connectivity index (χ3v) is 4.12. The number of quaternary nitrogens is 1. The lowest BCUT2D eigenvalue weighted by atomic mass is 10.1. The van der Waals surface area contributed by atoms with Gasteiger partial charge < -0.3 is 15.0 Å². The Bertz CT molecular complexity index is 533. The van der Waals surface area contributed by atoms with Gasteiger partial charge in [-0.25, -0.2) is 0 Å². The highest BCUT2D eigenvalue weighted by Gasteiger charge is 2.12. The zero-order valence-electron chi connectivity index (χ0n) is 13.5. The molecule has 0 saturated carbocycles. The van der Waals surface area contributed by atoms with Crippen LogP contribution in [-0.2, 0) is 4.74 Å². The average Bonchev–Trinajstić information content (AvgIpc) is 2.58. The first-order valence-electron chi connectivity index (χ1n) is 7.98. The summed E-state index contributed by atoms with van der Waals surface area (Å²) in [6.45, 7) is 7.66. The van der Waals surface area contributed by atoms with Crippen LogP contribution in [0.25, 0.3) is 0 Å². The molecule has 1 heterocycles. The minimum atomic E-state index is -0.190. The first-order valence-corrected chi connectivity index (χ1v) is 8.39. The molecule has 1 aliphatic heterocycles. The van der Waals surface area contributed by atoms with Crippen LogP contribution in [0.5, 0.6) is 0 Å². The Labute approximate surface area is 142 Å². The Balaban J connectivity index is 1.59. The predicted molar refractivity (Wildman–Crippen MR) is 93.4 cm³/mol. The molecule has 0 radical (unpaired) electrons. The van der Waals surface area contributed by atoms with Crippen LogP contribution in [0.2, 0.25) is 0 Å². The first kappa shape index (κ1) is 17.7. The number of morpholine rings is 1. The van der Waals surface area contributed by atoms with Crippen molar-refractivity contribution in [3.05, 3.63) is 35.4 Å². The van der Waals surface area contributed by atoms with E-state index in [9.17, 15) is 4.79 Å². The van der Waals surface area contributed by atoms with Crippen LogP contribution < -0.4 is 21.1 Å². The number of amides is 1. The summed E-state index contributed by atoms with van der Waals surface area (Å²) >= 11 is 5.16. The fourth-order valence-electron chi connectivity index (χ4n) is 2.50. The minimum absolute atomic E-state index is 0.190. The quantitative estimate of drug-likeness (QED) is 0.329. The smallest absolute Gasteiger partial charge is 0.269 e. The molecule has 6 nitrogen and oxygen atoms in total. The van der Waals surface area contributed by atoms with Crippen molar-refractivity contribution in [1.29, 1.82) is 0 Å². The van der Waals surface area contributed by atoms with Gasteiger partial charge in [-0.3, -0.25) is 15.6 Å². The normalized spacial score (nSPS) is 15.0. The fraction of sp³-hybridized carbons (Fsp3) is 0.500. The highest BCUT2D eigenvalue weighted by molar-refractivity contribution is 7.80. The maximum Gasteiger partial charge on any atom is 0.269 e. The summed E-state index contributed by atoms with van der Waals surface area (Å²) in [7, 11) is 0. The number of ether oxygens (including phenoxy) is 1. The molecule has 4 N–H and O–H groups in total. The van der Waals surface area contributed by atoms with E-state index >= 15 is 0 Å². The van der Waals surface area contributed by atoms with Crippen LogP contribution in [0.15, 0.2) is 24.3 Å². The van der Waals surface area contributed by atoms with Gasteiger partial charge in [0.2, 0.25) is 0 Å².